The van der Waals surface area contributed by atoms with Crippen molar-refractivity contribution in [2.45, 2.75) is 26.8 Å². The van der Waals surface area contributed by atoms with Crippen LogP contribution in [-0.4, -0.2) is 27.6 Å². The van der Waals surface area contributed by atoms with E-state index in [-0.39, 0.29) is 12.5 Å². The fourth-order valence-corrected chi connectivity index (χ4v) is 2.02. The Bertz CT molecular complexity index is 551. The minimum atomic E-state index is -0.280. The summed E-state index contributed by atoms with van der Waals surface area (Å²) in [6.45, 7) is 4.91. The molecule has 2 aromatic rings. The topological polar surface area (TPSA) is 92.9 Å². The lowest BCUT2D eigenvalue weighted by molar-refractivity contribution is 0.0946. The summed E-state index contributed by atoms with van der Waals surface area (Å²) in [5.74, 6) is 0.906. The van der Waals surface area contributed by atoms with Crippen LogP contribution in [0.1, 0.15) is 34.8 Å². The number of hydrogen-bond acceptors (Lipinski definition) is 7. The molecule has 102 valence electrons. The molecule has 1 amide bonds. The van der Waals surface area contributed by atoms with Gasteiger partial charge in [-0.15, -0.1) is 10.2 Å². The molecule has 0 aromatic carbocycles. The van der Waals surface area contributed by atoms with Gasteiger partial charge in [0.1, 0.15) is 5.76 Å². The normalized spacial score (nSPS) is 10.4. The highest BCUT2D eigenvalue weighted by Crippen LogP contribution is 2.14. The Morgan fingerprint density at radius 1 is 1.47 bits per heavy atom. The van der Waals surface area contributed by atoms with E-state index in [1.807, 2.05) is 0 Å². The van der Waals surface area contributed by atoms with Crippen molar-refractivity contribution in [3.05, 3.63) is 22.9 Å². The first-order valence-electron chi connectivity index (χ1n) is 5.96. The summed E-state index contributed by atoms with van der Waals surface area (Å²) in [6.07, 6.45) is 2.60. The molecule has 7 nitrogen and oxygen atoms in total. The molecule has 0 bridgehead atoms. The summed E-state index contributed by atoms with van der Waals surface area (Å²) < 4.78 is 5.26. The van der Waals surface area contributed by atoms with Gasteiger partial charge in [0, 0.05) is 6.54 Å². The summed E-state index contributed by atoms with van der Waals surface area (Å²) in [7, 11) is 0. The second-order valence-corrected chi connectivity index (χ2v) is 4.86. The van der Waals surface area contributed by atoms with E-state index in [0.29, 0.717) is 21.8 Å². The van der Waals surface area contributed by atoms with E-state index in [0.717, 1.165) is 13.0 Å². The van der Waals surface area contributed by atoms with Crippen LogP contribution in [-0.2, 0) is 6.54 Å². The van der Waals surface area contributed by atoms with Gasteiger partial charge in [-0.2, -0.15) is 0 Å². The van der Waals surface area contributed by atoms with E-state index < -0.39 is 0 Å². The zero-order valence-electron chi connectivity index (χ0n) is 10.8. The molecule has 0 spiro atoms. The lowest BCUT2D eigenvalue weighted by atomic mass is 10.5. The lowest BCUT2D eigenvalue weighted by Crippen LogP contribution is -2.22. The van der Waals surface area contributed by atoms with Crippen LogP contribution in [0.3, 0.4) is 0 Å². The van der Waals surface area contributed by atoms with E-state index in [2.05, 4.69) is 32.7 Å². The van der Waals surface area contributed by atoms with Crippen molar-refractivity contribution in [1.29, 1.82) is 0 Å². The van der Waals surface area contributed by atoms with Crippen LogP contribution in [0.25, 0.3) is 0 Å². The molecule has 0 aliphatic carbocycles. The Hall–Kier alpha value is -1.96. The number of hydrogen-bond donors (Lipinski definition) is 2. The van der Waals surface area contributed by atoms with Crippen molar-refractivity contribution < 1.29 is 9.21 Å². The average molecular weight is 281 g/mol. The highest BCUT2D eigenvalue weighted by atomic mass is 32.1. The van der Waals surface area contributed by atoms with Gasteiger partial charge in [-0.3, -0.25) is 4.79 Å². The van der Waals surface area contributed by atoms with Crippen molar-refractivity contribution in [2.75, 3.05) is 11.9 Å². The van der Waals surface area contributed by atoms with Gasteiger partial charge in [0.05, 0.1) is 12.7 Å². The number of anilines is 1. The first kappa shape index (κ1) is 13.5. The maximum Gasteiger partial charge on any atom is 0.282 e. The second kappa shape index (κ2) is 6.28. The van der Waals surface area contributed by atoms with Crippen LogP contribution < -0.4 is 10.6 Å². The Kier molecular flexibility index (Phi) is 4.45. The molecular formula is C11H15N5O2S. The van der Waals surface area contributed by atoms with Crippen molar-refractivity contribution >= 4 is 22.4 Å². The van der Waals surface area contributed by atoms with Gasteiger partial charge >= 0.3 is 0 Å². The molecule has 0 atom stereocenters. The van der Waals surface area contributed by atoms with E-state index in [4.69, 9.17) is 4.42 Å². The number of aryl methyl sites for hydroxylation is 1. The number of amides is 1. The highest BCUT2D eigenvalue weighted by molar-refractivity contribution is 7.17. The standard InChI is InChI=1S/C11H15N5O2S/c1-3-4-12-11-16-15-10(19-11)9(17)14-6-8-13-5-7(2)18-8/h5H,3-4,6H2,1-2H3,(H,12,16)(H,14,17). The highest BCUT2D eigenvalue weighted by Gasteiger charge is 2.13. The Morgan fingerprint density at radius 3 is 3.00 bits per heavy atom. The van der Waals surface area contributed by atoms with Gasteiger partial charge in [0.25, 0.3) is 5.91 Å². The maximum atomic E-state index is 11.8. The third-order valence-corrected chi connectivity index (χ3v) is 3.09. The Labute approximate surface area is 114 Å². The largest absolute Gasteiger partial charge is 0.444 e. The molecule has 0 fully saturated rings. The summed E-state index contributed by atoms with van der Waals surface area (Å²) in [5, 5.41) is 14.5. The van der Waals surface area contributed by atoms with Crippen molar-refractivity contribution in [3.63, 3.8) is 0 Å². The summed E-state index contributed by atoms with van der Waals surface area (Å²) in [5.41, 5.74) is 0. The van der Waals surface area contributed by atoms with Crippen molar-refractivity contribution in [2.24, 2.45) is 0 Å². The number of carbonyl (C=O) groups excluding carboxylic acids is 1. The van der Waals surface area contributed by atoms with Crippen molar-refractivity contribution in [3.8, 4) is 0 Å². The van der Waals surface area contributed by atoms with Crippen LogP contribution in [0.5, 0.6) is 0 Å². The smallest absolute Gasteiger partial charge is 0.282 e. The lowest BCUT2D eigenvalue weighted by Gasteiger charge is -1.98. The van der Waals surface area contributed by atoms with Crippen LogP contribution in [0.15, 0.2) is 10.6 Å². The fraction of sp³-hybridized carbons (Fsp3) is 0.455. The van der Waals surface area contributed by atoms with Gasteiger partial charge in [-0.05, 0) is 13.3 Å². The number of nitrogens with zero attached hydrogens (tertiary/aromatic N) is 3. The number of oxazole rings is 1. The van der Waals surface area contributed by atoms with E-state index in [1.165, 1.54) is 11.3 Å². The monoisotopic (exact) mass is 281 g/mol. The first-order valence-corrected chi connectivity index (χ1v) is 6.77. The molecule has 0 aliphatic heterocycles. The molecule has 2 aromatic heterocycles. The van der Waals surface area contributed by atoms with Gasteiger partial charge in [0.15, 0.2) is 0 Å². The molecular weight excluding hydrogens is 266 g/mol. The molecule has 2 N–H and O–H groups in total. The predicted molar refractivity (Wildman–Crippen MR) is 71.1 cm³/mol. The van der Waals surface area contributed by atoms with Crippen LogP contribution in [0.4, 0.5) is 5.13 Å². The number of rotatable bonds is 6. The number of aromatic nitrogens is 3. The molecule has 8 heteroatoms. The quantitative estimate of drug-likeness (QED) is 0.835. The SMILES string of the molecule is CCCNc1nnc(C(=O)NCc2ncc(C)o2)s1. The third-order valence-electron chi connectivity index (χ3n) is 2.21. The van der Waals surface area contributed by atoms with Gasteiger partial charge in [-0.25, -0.2) is 4.98 Å². The third kappa shape index (κ3) is 3.75. The molecule has 19 heavy (non-hydrogen) atoms. The molecule has 0 aliphatic rings. The first-order chi connectivity index (χ1) is 9.19. The molecule has 0 saturated carbocycles. The Balaban J connectivity index is 1.87. The average Bonchev–Trinajstić information content (AvgIpc) is 3.02. The molecule has 2 heterocycles. The fourth-order valence-electron chi connectivity index (χ4n) is 1.33. The minimum Gasteiger partial charge on any atom is -0.444 e. The summed E-state index contributed by atoms with van der Waals surface area (Å²) in [4.78, 5) is 15.8. The maximum absolute atomic E-state index is 11.8. The van der Waals surface area contributed by atoms with Gasteiger partial charge in [0.2, 0.25) is 16.0 Å². The van der Waals surface area contributed by atoms with E-state index in [1.54, 1.807) is 13.1 Å². The molecule has 2 rings (SSSR count). The molecule has 0 unspecified atom stereocenters. The Morgan fingerprint density at radius 2 is 2.32 bits per heavy atom. The molecule has 0 radical (unpaired) electrons. The van der Waals surface area contributed by atoms with Crippen LogP contribution in [0.2, 0.25) is 0 Å². The zero-order valence-corrected chi connectivity index (χ0v) is 11.6. The predicted octanol–water partition coefficient (Wildman–Crippen LogP) is 1.59. The molecule has 0 saturated heterocycles. The summed E-state index contributed by atoms with van der Waals surface area (Å²) >= 11 is 1.22. The number of carbonyl (C=O) groups is 1. The van der Waals surface area contributed by atoms with E-state index in [9.17, 15) is 4.79 Å². The summed E-state index contributed by atoms with van der Waals surface area (Å²) in [6, 6.07) is 0. The van der Waals surface area contributed by atoms with Gasteiger partial charge < -0.3 is 15.1 Å². The van der Waals surface area contributed by atoms with E-state index >= 15 is 0 Å². The minimum absolute atomic E-state index is 0.240. The zero-order chi connectivity index (χ0) is 13.7. The second-order valence-electron chi connectivity index (χ2n) is 3.89. The van der Waals surface area contributed by atoms with Crippen LogP contribution in [0, 0.1) is 6.92 Å². The van der Waals surface area contributed by atoms with Crippen LogP contribution >= 0.6 is 11.3 Å². The number of nitrogens with one attached hydrogen (secondary N) is 2. The van der Waals surface area contributed by atoms with Gasteiger partial charge in [-0.1, -0.05) is 18.3 Å². The van der Waals surface area contributed by atoms with Crippen molar-refractivity contribution in [1.82, 2.24) is 20.5 Å².